The Labute approximate surface area is 125 Å². The Bertz CT molecular complexity index is 307. The Morgan fingerprint density at radius 1 is 1.00 bits per heavy atom. The molecular formula is C18H33NO. The molecule has 0 aromatic carbocycles. The van der Waals surface area contributed by atoms with Gasteiger partial charge >= 0.3 is 0 Å². The van der Waals surface area contributed by atoms with Gasteiger partial charge in [-0.2, -0.15) is 0 Å². The highest BCUT2D eigenvalue weighted by Gasteiger charge is 2.39. The minimum atomic E-state index is -0.242. The molecule has 1 aliphatic carbocycles. The summed E-state index contributed by atoms with van der Waals surface area (Å²) in [6.45, 7) is 8.86. The summed E-state index contributed by atoms with van der Waals surface area (Å²) in [5.41, 5.74) is -0.242. The average molecular weight is 279 g/mol. The molecule has 0 bridgehead atoms. The van der Waals surface area contributed by atoms with Crippen LogP contribution >= 0.6 is 0 Å². The Balaban J connectivity index is 1.95. The van der Waals surface area contributed by atoms with Gasteiger partial charge in [-0.3, -0.25) is 9.69 Å². The van der Waals surface area contributed by atoms with Crippen molar-refractivity contribution in [2.45, 2.75) is 84.1 Å². The lowest BCUT2D eigenvalue weighted by molar-refractivity contribution is -0.135. The largest absolute Gasteiger partial charge is 0.297 e. The summed E-state index contributed by atoms with van der Waals surface area (Å²) in [4.78, 5) is 15.5. The van der Waals surface area contributed by atoms with Crippen LogP contribution in [-0.2, 0) is 4.79 Å². The van der Waals surface area contributed by atoms with E-state index in [1.807, 2.05) is 0 Å². The molecule has 1 aliphatic heterocycles. The van der Waals surface area contributed by atoms with Gasteiger partial charge in [-0.05, 0) is 71.4 Å². The lowest BCUT2D eigenvalue weighted by atomic mass is 9.74. The van der Waals surface area contributed by atoms with Gasteiger partial charge in [-0.1, -0.05) is 26.2 Å². The molecule has 1 saturated heterocycles. The quantitative estimate of drug-likeness (QED) is 0.759. The standard InChI is InChI=1S/C18H33NO/c1-4-15-9-11-16(12-10-15)17(20)18(2,3)19-13-7-5-6-8-14-19/h15-16H,4-14H2,1-3H3. The molecule has 0 aromatic heterocycles. The number of ketones is 1. The second-order valence-electron chi connectivity index (χ2n) is 7.45. The maximum atomic E-state index is 13.0. The molecule has 2 heteroatoms. The van der Waals surface area contributed by atoms with Crippen molar-refractivity contribution in [3.63, 3.8) is 0 Å². The maximum absolute atomic E-state index is 13.0. The van der Waals surface area contributed by atoms with E-state index >= 15 is 0 Å². The normalized spacial score (nSPS) is 29.9. The van der Waals surface area contributed by atoms with Crippen LogP contribution in [0.3, 0.4) is 0 Å². The van der Waals surface area contributed by atoms with Gasteiger partial charge in [0.05, 0.1) is 5.54 Å². The predicted molar refractivity (Wildman–Crippen MR) is 84.9 cm³/mol. The minimum absolute atomic E-state index is 0.242. The fourth-order valence-electron chi connectivity index (χ4n) is 4.12. The van der Waals surface area contributed by atoms with Crippen LogP contribution in [0, 0.1) is 11.8 Å². The van der Waals surface area contributed by atoms with Crippen LogP contribution in [0.1, 0.15) is 78.6 Å². The molecule has 20 heavy (non-hydrogen) atoms. The molecule has 0 radical (unpaired) electrons. The van der Waals surface area contributed by atoms with Crippen molar-refractivity contribution in [3.8, 4) is 0 Å². The molecule has 116 valence electrons. The summed E-state index contributed by atoms with van der Waals surface area (Å²) in [6, 6.07) is 0. The molecule has 0 atom stereocenters. The van der Waals surface area contributed by atoms with Crippen LogP contribution in [0.4, 0.5) is 0 Å². The smallest absolute Gasteiger partial charge is 0.155 e. The molecule has 0 amide bonds. The third kappa shape index (κ3) is 3.63. The van der Waals surface area contributed by atoms with Crippen LogP contribution in [0.5, 0.6) is 0 Å². The fourth-order valence-corrected chi connectivity index (χ4v) is 4.12. The van der Waals surface area contributed by atoms with Crippen LogP contribution in [-0.4, -0.2) is 29.3 Å². The van der Waals surface area contributed by atoms with Crippen LogP contribution in [0.25, 0.3) is 0 Å². The third-order valence-electron chi connectivity index (χ3n) is 5.79. The second-order valence-corrected chi connectivity index (χ2v) is 7.45. The predicted octanol–water partition coefficient (Wildman–Crippen LogP) is 4.43. The SMILES string of the molecule is CCC1CCC(C(=O)C(C)(C)N2CCCCCC2)CC1. The highest BCUT2D eigenvalue weighted by molar-refractivity contribution is 5.89. The first-order valence-electron chi connectivity index (χ1n) is 8.85. The van der Waals surface area contributed by atoms with Crippen LogP contribution in [0.2, 0.25) is 0 Å². The molecular weight excluding hydrogens is 246 g/mol. The van der Waals surface area contributed by atoms with Crippen molar-refractivity contribution in [1.29, 1.82) is 0 Å². The molecule has 0 spiro atoms. The van der Waals surface area contributed by atoms with E-state index in [4.69, 9.17) is 0 Å². The number of hydrogen-bond acceptors (Lipinski definition) is 2. The lowest BCUT2D eigenvalue weighted by Crippen LogP contribution is -2.53. The first-order chi connectivity index (χ1) is 9.55. The van der Waals surface area contributed by atoms with E-state index in [0.717, 1.165) is 31.8 Å². The summed E-state index contributed by atoms with van der Waals surface area (Å²) in [7, 11) is 0. The third-order valence-corrected chi connectivity index (χ3v) is 5.79. The van der Waals surface area contributed by atoms with E-state index in [1.165, 1.54) is 44.9 Å². The topological polar surface area (TPSA) is 20.3 Å². The molecule has 2 fully saturated rings. The van der Waals surface area contributed by atoms with Gasteiger partial charge in [0, 0.05) is 5.92 Å². The highest BCUT2D eigenvalue weighted by Crippen LogP contribution is 2.35. The van der Waals surface area contributed by atoms with Crippen LogP contribution < -0.4 is 0 Å². The van der Waals surface area contributed by atoms with E-state index < -0.39 is 0 Å². The van der Waals surface area contributed by atoms with Gasteiger partial charge < -0.3 is 0 Å². The van der Waals surface area contributed by atoms with Crippen molar-refractivity contribution >= 4 is 5.78 Å². The fraction of sp³-hybridized carbons (Fsp3) is 0.944. The van der Waals surface area contributed by atoms with E-state index in [9.17, 15) is 4.79 Å². The molecule has 1 heterocycles. The second kappa shape index (κ2) is 7.06. The van der Waals surface area contributed by atoms with E-state index in [2.05, 4.69) is 25.7 Å². The number of Topliss-reactive ketones (excluding diaryl/α,β-unsaturated/α-hetero) is 1. The first kappa shape index (κ1) is 16.0. The van der Waals surface area contributed by atoms with E-state index in [0.29, 0.717) is 11.7 Å². The van der Waals surface area contributed by atoms with Crippen LogP contribution in [0.15, 0.2) is 0 Å². The molecule has 2 nitrogen and oxygen atoms in total. The Morgan fingerprint density at radius 3 is 2.05 bits per heavy atom. The zero-order valence-corrected chi connectivity index (χ0v) is 13.8. The summed E-state index contributed by atoms with van der Waals surface area (Å²) in [5.74, 6) is 1.73. The Hall–Kier alpha value is -0.370. The first-order valence-corrected chi connectivity index (χ1v) is 8.85. The maximum Gasteiger partial charge on any atom is 0.155 e. The van der Waals surface area contributed by atoms with Crippen molar-refractivity contribution in [3.05, 3.63) is 0 Å². The number of carbonyl (C=O) groups excluding carboxylic acids is 1. The molecule has 1 saturated carbocycles. The number of likely N-dealkylation sites (tertiary alicyclic amines) is 1. The zero-order valence-electron chi connectivity index (χ0n) is 13.8. The molecule has 0 aromatic rings. The monoisotopic (exact) mass is 279 g/mol. The minimum Gasteiger partial charge on any atom is -0.297 e. The Kier molecular flexibility index (Phi) is 5.65. The highest BCUT2D eigenvalue weighted by atomic mass is 16.1. The summed E-state index contributed by atoms with van der Waals surface area (Å²) < 4.78 is 0. The number of carbonyl (C=O) groups is 1. The van der Waals surface area contributed by atoms with Crippen molar-refractivity contribution in [2.24, 2.45) is 11.8 Å². The molecule has 0 unspecified atom stereocenters. The van der Waals surface area contributed by atoms with E-state index in [-0.39, 0.29) is 5.54 Å². The zero-order chi connectivity index (χ0) is 14.6. The van der Waals surface area contributed by atoms with Gasteiger partial charge in [0.25, 0.3) is 0 Å². The summed E-state index contributed by atoms with van der Waals surface area (Å²) >= 11 is 0. The van der Waals surface area contributed by atoms with Gasteiger partial charge in [0.15, 0.2) is 5.78 Å². The van der Waals surface area contributed by atoms with E-state index in [1.54, 1.807) is 0 Å². The average Bonchev–Trinajstić information content (AvgIpc) is 2.76. The molecule has 2 rings (SSSR count). The summed E-state index contributed by atoms with van der Waals surface area (Å²) in [5, 5.41) is 0. The summed E-state index contributed by atoms with van der Waals surface area (Å²) in [6.07, 6.45) is 11.3. The lowest BCUT2D eigenvalue weighted by Gasteiger charge is -2.40. The van der Waals surface area contributed by atoms with Gasteiger partial charge in [-0.25, -0.2) is 0 Å². The molecule has 0 N–H and O–H groups in total. The van der Waals surface area contributed by atoms with Crippen molar-refractivity contribution in [1.82, 2.24) is 4.90 Å². The van der Waals surface area contributed by atoms with Crippen molar-refractivity contribution < 1.29 is 4.79 Å². The molecule has 2 aliphatic rings. The van der Waals surface area contributed by atoms with Gasteiger partial charge in [0.2, 0.25) is 0 Å². The van der Waals surface area contributed by atoms with Gasteiger partial charge in [0.1, 0.15) is 0 Å². The van der Waals surface area contributed by atoms with Gasteiger partial charge in [-0.15, -0.1) is 0 Å². The Morgan fingerprint density at radius 2 is 1.55 bits per heavy atom. The van der Waals surface area contributed by atoms with Crippen molar-refractivity contribution in [2.75, 3.05) is 13.1 Å². The number of nitrogens with zero attached hydrogens (tertiary/aromatic N) is 1. The number of rotatable bonds is 4. The number of hydrogen-bond donors (Lipinski definition) is 0.